The molecule has 1 N–H and O–H groups in total. The van der Waals surface area contributed by atoms with Gasteiger partial charge in [-0.3, -0.25) is 9.58 Å². The van der Waals surface area contributed by atoms with Crippen molar-refractivity contribution >= 4 is 11.6 Å². The van der Waals surface area contributed by atoms with Gasteiger partial charge in [-0.25, -0.2) is 19.6 Å². The quantitative estimate of drug-likeness (QED) is 0.204. The fraction of sp³-hybridized carbons (Fsp3) is 0.529. The molecule has 14 nitrogen and oxygen atoms in total. The Labute approximate surface area is 281 Å². The van der Waals surface area contributed by atoms with Crippen LogP contribution in [0.1, 0.15) is 51.1 Å². The highest BCUT2D eigenvalue weighted by Crippen LogP contribution is 2.35. The van der Waals surface area contributed by atoms with Crippen molar-refractivity contribution in [3.05, 3.63) is 55.0 Å². The van der Waals surface area contributed by atoms with Gasteiger partial charge in [0.15, 0.2) is 0 Å². The van der Waals surface area contributed by atoms with Crippen LogP contribution in [-0.4, -0.2) is 98.7 Å². The topological polar surface area (TPSA) is 150 Å². The summed E-state index contributed by atoms with van der Waals surface area (Å²) >= 11 is 0. The fourth-order valence-electron chi connectivity index (χ4n) is 6.25. The van der Waals surface area contributed by atoms with Gasteiger partial charge in [-0.05, 0) is 43.4 Å². The molecule has 1 aromatic carbocycles. The summed E-state index contributed by atoms with van der Waals surface area (Å²) in [7, 11) is 1.70. The summed E-state index contributed by atoms with van der Waals surface area (Å²) in [6, 6.07) is 8.52. The van der Waals surface area contributed by atoms with Crippen molar-refractivity contribution in [2.24, 2.45) is 5.41 Å². The van der Waals surface area contributed by atoms with Gasteiger partial charge < -0.3 is 24.3 Å². The second kappa shape index (κ2) is 15.5. The van der Waals surface area contributed by atoms with Crippen LogP contribution < -0.4 is 14.8 Å². The largest absolute Gasteiger partial charge is 0.490 e. The van der Waals surface area contributed by atoms with E-state index in [9.17, 15) is 5.26 Å². The number of rotatable bonds is 14. The Morgan fingerprint density at radius 3 is 2.50 bits per heavy atom. The number of nitrogens with one attached hydrogen (secondary N) is 1. The Balaban J connectivity index is 1.14. The zero-order valence-electron chi connectivity index (χ0n) is 27.9. The van der Waals surface area contributed by atoms with Crippen molar-refractivity contribution in [1.29, 1.82) is 5.26 Å². The Bertz CT molecular complexity index is 1640. The summed E-state index contributed by atoms with van der Waals surface area (Å²) in [5.41, 5.74) is 2.60. The van der Waals surface area contributed by atoms with Crippen molar-refractivity contribution in [1.82, 2.24) is 39.4 Å². The average Bonchev–Trinajstić information content (AvgIpc) is 3.78. The molecule has 0 atom stereocenters. The molecule has 2 fully saturated rings. The van der Waals surface area contributed by atoms with Gasteiger partial charge in [-0.15, -0.1) is 5.10 Å². The van der Waals surface area contributed by atoms with Gasteiger partial charge in [0.05, 0.1) is 50.8 Å². The van der Waals surface area contributed by atoms with Gasteiger partial charge in [0.1, 0.15) is 36.8 Å². The predicted molar refractivity (Wildman–Crippen MR) is 178 cm³/mol. The molecule has 6 rings (SSSR count). The number of nitrogens with zero attached hydrogens (tertiary/aromatic N) is 9. The van der Waals surface area contributed by atoms with Crippen LogP contribution in [0.5, 0.6) is 11.6 Å². The number of nitriles is 1. The van der Waals surface area contributed by atoms with Crippen LogP contribution >= 0.6 is 0 Å². The molecule has 48 heavy (non-hydrogen) atoms. The molecule has 0 radical (unpaired) electrons. The van der Waals surface area contributed by atoms with Crippen LogP contribution in [0, 0.1) is 16.7 Å². The lowest BCUT2D eigenvalue weighted by molar-refractivity contribution is 0.00499. The summed E-state index contributed by atoms with van der Waals surface area (Å²) < 4.78 is 26.9. The second-order valence-corrected chi connectivity index (χ2v) is 13.1. The standard InChI is InChI=1S/C34H44N10O4/c1-34(2,21-45-3)22-48-32-30(20-44(41-32)29-8-6-28(7-9-29)42-10-13-46-14-11-42)40-33-37-18-27(19-38-33)25-4-5-26(17-35)31(16-25)47-15-12-43-24-36-23-39-43/h4-5,16,18-20,23-24,28-29H,6-15,21-22H2,1-3H3,(H,37,38,40). The van der Waals surface area contributed by atoms with Crippen molar-refractivity contribution in [2.75, 3.05) is 58.6 Å². The van der Waals surface area contributed by atoms with Gasteiger partial charge in [0.2, 0.25) is 5.95 Å². The summed E-state index contributed by atoms with van der Waals surface area (Å²) in [4.78, 5) is 15.7. The molecule has 3 aromatic heterocycles. The molecule has 0 unspecified atom stereocenters. The van der Waals surface area contributed by atoms with Crippen molar-refractivity contribution in [2.45, 2.75) is 58.2 Å². The van der Waals surface area contributed by atoms with Crippen LogP contribution in [0.3, 0.4) is 0 Å². The van der Waals surface area contributed by atoms with E-state index in [1.54, 1.807) is 36.6 Å². The zero-order chi connectivity index (χ0) is 33.3. The van der Waals surface area contributed by atoms with Crippen molar-refractivity contribution in [3.8, 4) is 28.8 Å². The summed E-state index contributed by atoms with van der Waals surface area (Å²) in [6.45, 7) is 9.76. The average molecular weight is 657 g/mol. The normalized spacial score (nSPS) is 18.7. The van der Waals surface area contributed by atoms with E-state index >= 15 is 0 Å². The SMILES string of the molecule is COCC(C)(C)COc1nn(C2CCC(N3CCOCC3)CC2)cc1Nc1ncc(-c2ccc(C#N)c(OCCn3cncn3)c2)cn1. The van der Waals surface area contributed by atoms with E-state index in [1.165, 1.54) is 6.33 Å². The lowest BCUT2D eigenvalue weighted by Gasteiger charge is -2.38. The third-order valence-electron chi connectivity index (χ3n) is 8.81. The first-order chi connectivity index (χ1) is 23.4. The highest BCUT2D eigenvalue weighted by molar-refractivity contribution is 5.67. The number of methoxy groups -OCH3 is 1. The Morgan fingerprint density at radius 2 is 1.79 bits per heavy atom. The molecule has 0 spiro atoms. The summed E-state index contributed by atoms with van der Waals surface area (Å²) in [5, 5.41) is 21.9. The van der Waals surface area contributed by atoms with Crippen LogP contribution in [0.2, 0.25) is 0 Å². The first kappa shape index (κ1) is 33.3. The van der Waals surface area contributed by atoms with E-state index in [4.69, 9.17) is 24.0 Å². The predicted octanol–water partition coefficient (Wildman–Crippen LogP) is 4.49. The minimum atomic E-state index is -0.190. The van der Waals surface area contributed by atoms with Gasteiger partial charge in [-0.2, -0.15) is 10.4 Å². The Hall–Kier alpha value is -4.58. The molecule has 0 bridgehead atoms. The maximum absolute atomic E-state index is 9.60. The lowest BCUT2D eigenvalue weighted by atomic mass is 9.90. The molecule has 254 valence electrons. The van der Waals surface area contributed by atoms with Gasteiger partial charge in [0.25, 0.3) is 5.88 Å². The highest BCUT2D eigenvalue weighted by atomic mass is 16.5. The maximum atomic E-state index is 9.60. The number of ether oxygens (including phenoxy) is 4. The molecular formula is C34H44N10O4. The Morgan fingerprint density at radius 1 is 1.02 bits per heavy atom. The van der Waals surface area contributed by atoms with Gasteiger partial charge in [-0.1, -0.05) is 19.9 Å². The number of hydrogen-bond donors (Lipinski definition) is 1. The number of benzene rings is 1. The van der Waals surface area contributed by atoms with E-state index in [0.29, 0.717) is 67.3 Å². The third kappa shape index (κ3) is 8.46. The second-order valence-electron chi connectivity index (χ2n) is 13.1. The van der Waals surface area contributed by atoms with Crippen molar-refractivity contribution in [3.63, 3.8) is 0 Å². The van der Waals surface area contributed by atoms with E-state index in [0.717, 1.165) is 63.1 Å². The smallest absolute Gasteiger partial charge is 0.256 e. The fourth-order valence-corrected chi connectivity index (χ4v) is 6.25. The van der Waals surface area contributed by atoms with E-state index in [1.807, 2.05) is 23.0 Å². The first-order valence-corrected chi connectivity index (χ1v) is 16.5. The molecule has 1 aliphatic carbocycles. The zero-order valence-corrected chi connectivity index (χ0v) is 27.9. The van der Waals surface area contributed by atoms with Crippen LogP contribution in [0.4, 0.5) is 11.6 Å². The van der Waals surface area contributed by atoms with Gasteiger partial charge >= 0.3 is 0 Å². The van der Waals surface area contributed by atoms with Crippen molar-refractivity contribution < 1.29 is 18.9 Å². The van der Waals surface area contributed by atoms with Crippen LogP contribution in [0.15, 0.2) is 49.4 Å². The number of anilines is 2. The molecule has 2 aliphatic rings. The van der Waals surface area contributed by atoms with E-state index in [-0.39, 0.29) is 5.41 Å². The van der Waals surface area contributed by atoms with Gasteiger partial charge in [0, 0.05) is 49.6 Å². The summed E-state index contributed by atoms with van der Waals surface area (Å²) in [6.07, 6.45) is 13.0. The molecular weight excluding hydrogens is 612 g/mol. The first-order valence-electron chi connectivity index (χ1n) is 16.5. The molecule has 1 saturated heterocycles. The molecule has 0 amide bonds. The highest BCUT2D eigenvalue weighted by Gasteiger charge is 2.29. The number of morpholine rings is 1. The minimum Gasteiger partial charge on any atom is -0.490 e. The molecule has 4 aromatic rings. The molecule has 4 heterocycles. The van der Waals surface area contributed by atoms with Crippen LogP contribution in [-0.2, 0) is 16.0 Å². The monoisotopic (exact) mass is 656 g/mol. The van der Waals surface area contributed by atoms with Crippen LogP contribution in [0.25, 0.3) is 11.1 Å². The Kier molecular flexibility index (Phi) is 10.8. The maximum Gasteiger partial charge on any atom is 0.256 e. The lowest BCUT2D eigenvalue weighted by Crippen LogP contribution is -2.45. The number of aromatic nitrogens is 7. The number of hydrogen-bond acceptors (Lipinski definition) is 12. The molecule has 14 heteroatoms. The van der Waals surface area contributed by atoms with E-state index < -0.39 is 0 Å². The minimum absolute atomic E-state index is 0.190. The molecule has 1 saturated carbocycles. The third-order valence-corrected chi connectivity index (χ3v) is 8.81. The summed E-state index contributed by atoms with van der Waals surface area (Å²) in [5.74, 6) is 1.43. The molecule has 1 aliphatic heterocycles. The van der Waals surface area contributed by atoms with E-state index in [2.05, 4.69) is 50.2 Å².